The average Bonchev–Trinajstić information content (AvgIpc) is 3.84. The molecular weight excluding hydrogens is 951 g/mol. The number of fused-ring (bicyclic) bond motifs is 4. The Labute approximate surface area is 388 Å². The van der Waals surface area contributed by atoms with Crippen LogP contribution in [-0.2, 0) is 26.5 Å². The maximum Gasteiger partial charge on any atom is 0.120 e. The van der Waals surface area contributed by atoms with Gasteiger partial charge in [0.25, 0.3) is 0 Å². The van der Waals surface area contributed by atoms with E-state index in [1.807, 2.05) is 121 Å². The third kappa shape index (κ3) is 9.34. The summed E-state index contributed by atoms with van der Waals surface area (Å²) in [5.41, 5.74) is 10.4. The Morgan fingerprint density at radius 2 is 1.44 bits per heavy atom. The van der Waals surface area contributed by atoms with Crippen molar-refractivity contribution in [1.82, 2.24) is 14.5 Å². The Bertz CT molecular complexity index is 3140. The SMILES string of the molecule is [2H]C(C)(C)c1cc(-c2ccccc2)cc(C([2H])(C)C)c1-n1c(-c2[c-]ccc3c2oc2cc([Si](C)(C)C)ccc23)nc2ccccc21.[2H]C([2H])(c1ccnc(-c2[c-]cccc2)c1)C(C)(C)C.[Ir]. The summed E-state index contributed by atoms with van der Waals surface area (Å²) in [5.74, 6) is -1.28. The van der Waals surface area contributed by atoms with Crippen LogP contribution in [0.25, 0.3) is 72.4 Å². The zero-order valence-electron chi connectivity index (χ0n) is 41.4. The van der Waals surface area contributed by atoms with E-state index >= 15 is 0 Å². The van der Waals surface area contributed by atoms with E-state index in [2.05, 4.69) is 95.9 Å². The van der Waals surface area contributed by atoms with E-state index in [0.717, 1.165) is 77.7 Å². The van der Waals surface area contributed by atoms with Gasteiger partial charge in [0.2, 0.25) is 0 Å². The Balaban J connectivity index is 0.000000272. The molecule has 3 aromatic heterocycles. The van der Waals surface area contributed by atoms with Crippen molar-refractivity contribution >= 4 is 46.2 Å². The molecule has 0 aliphatic rings. The molecule has 0 aliphatic carbocycles. The number of hydrogen-bond donors (Lipinski definition) is 0. The smallest absolute Gasteiger partial charge is 0.120 e. The predicted molar refractivity (Wildman–Crippen MR) is 261 cm³/mol. The third-order valence-corrected chi connectivity index (χ3v) is 12.9. The quantitative estimate of drug-likeness (QED) is 0.113. The molecule has 317 valence electrons. The van der Waals surface area contributed by atoms with Gasteiger partial charge in [-0.05, 0) is 87.9 Å². The van der Waals surface area contributed by atoms with Gasteiger partial charge in [-0.3, -0.25) is 4.98 Å². The average molecular weight is 1010 g/mol. The number of hydrogen-bond acceptors (Lipinski definition) is 3. The van der Waals surface area contributed by atoms with Crippen LogP contribution in [0.1, 0.15) is 82.4 Å². The van der Waals surface area contributed by atoms with Gasteiger partial charge in [0.15, 0.2) is 0 Å². The topological polar surface area (TPSA) is 43.9 Å². The van der Waals surface area contributed by atoms with Crippen molar-refractivity contribution < 1.29 is 30.0 Å². The second kappa shape index (κ2) is 18.1. The Kier molecular flexibility index (Phi) is 11.5. The van der Waals surface area contributed by atoms with E-state index in [1.54, 1.807) is 12.3 Å². The molecule has 3 heterocycles. The van der Waals surface area contributed by atoms with Crippen LogP contribution in [0.5, 0.6) is 0 Å². The van der Waals surface area contributed by atoms with E-state index in [4.69, 9.17) is 12.1 Å². The minimum atomic E-state index is -1.55. The van der Waals surface area contributed by atoms with Crippen molar-refractivity contribution in [2.24, 2.45) is 5.41 Å². The Morgan fingerprint density at radius 1 is 0.742 bits per heavy atom. The van der Waals surface area contributed by atoms with Gasteiger partial charge in [-0.1, -0.05) is 150 Å². The van der Waals surface area contributed by atoms with Crippen LogP contribution in [0.2, 0.25) is 19.6 Å². The van der Waals surface area contributed by atoms with Gasteiger partial charge in [0.1, 0.15) is 5.58 Å². The largest absolute Gasteiger partial charge is 0.501 e. The summed E-state index contributed by atoms with van der Waals surface area (Å²) in [6.45, 7) is 20.4. The number of furan rings is 1. The molecule has 6 heteroatoms. The predicted octanol–water partition coefficient (Wildman–Crippen LogP) is 15.0. The van der Waals surface area contributed by atoms with Crippen molar-refractivity contribution in [1.29, 1.82) is 0 Å². The zero-order valence-corrected chi connectivity index (χ0v) is 40.8. The number of benzene rings is 6. The summed E-state index contributed by atoms with van der Waals surface area (Å²) in [6.07, 6.45) is 0.258. The molecule has 0 bridgehead atoms. The molecule has 0 saturated carbocycles. The molecular formula is C56H57IrN3OSi-2. The molecule has 0 aliphatic heterocycles. The van der Waals surface area contributed by atoms with Crippen LogP contribution < -0.4 is 5.19 Å². The molecule has 0 fully saturated rings. The fraction of sp³-hybridized carbons (Fsp3) is 0.250. The van der Waals surface area contributed by atoms with Crippen LogP contribution in [0.15, 0.2) is 144 Å². The van der Waals surface area contributed by atoms with Crippen molar-refractivity contribution in [3.8, 4) is 39.5 Å². The zero-order chi connectivity index (χ0) is 46.7. The first-order valence-electron chi connectivity index (χ1n) is 23.1. The van der Waals surface area contributed by atoms with Crippen LogP contribution in [0.4, 0.5) is 0 Å². The Hall–Kier alpha value is -5.39. The molecule has 0 saturated heterocycles. The van der Waals surface area contributed by atoms with Gasteiger partial charge >= 0.3 is 0 Å². The number of rotatable bonds is 8. The molecule has 9 aromatic rings. The minimum Gasteiger partial charge on any atom is -0.501 e. The summed E-state index contributed by atoms with van der Waals surface area (Å²) < 4.78 is 44.3. The normalized spacial score (nSPS) is 13.5. The fourth-order valence-corrected chi connectivity index (χ4v) is 9.02. The van der Waals surface area contributed by atoms with Crippen LogP contribution in [0.3, 0.4) is 0 Å². The third-order valence-electron chi connectivity index (χ3n) is 10.9. The standard InChI is InChI=1S/C40H39N2OSi.C16H18N.Ir/c1-25(2)33-22-28(27-14-9-8-10-15-27)23-34(26(3)4)38(33)42-36-19-12-11-18-35(36)41-40(42)32-17-13-16-31-30-21-20-29(44(5,6)7)24-37(30)43-39(31)32;1-16(2,3)12-13-9-10-17-15(11-13)14-7-5-4-6-8-14;/h8-16,18-26H,1-7H3;4-7,9-11H,12H2,1-3H3;/q2*-1;/i25D,26D;12D2;. The molecule has 0 N–H and O–H groups in total. The number of para-hydroxylation sites is 2. The summed E-state index contributed by atoms with van der Waals surface area (Å²) in [7, 11) is -1.55. The van der Waals surface area contributed by atoms with Crippen LogP contribution in [-0.4, -0.2) is 22.6 Å². The maximum atomic E-state index is 9.42. The second-order valence-electron chi connectivity index (χ2n) is 18.3. The molecule has 6 aromatic carbocycles. The summed E-state index contributed by atoms with van der Waals surface area (Å²) >= 11 is 0. The number of aromatic nitrogens is 3. The molecule has 9 rings (SSSR count). The van der Waals surface area contributed by atoms with Gasteiger partial charge in [-0.25, -0.2) is 0 Å². The molecule has 4 nitrogen and oxygen atoms in total. The minimum absolute atomic E-state index is 0. The van der Waals surface area contributed by atoms with Crippen molar-refractivity contribution in [3.05, 3.63) is 168 Å². The second-order valence-corrected chi connectivity index (χ2v) is 23.4. The summed E-state index contributed by atoms with van der Waals surface area (Å²) in [4.78, 5) is 9.53. The van der Waals surface area contributed by atoms with Crippen LogP contribution in [0, 0.1) is 17.5 Å². The van der Waals surface area contributed by atoms with E-state index in [-0.39, 0.29) is 20.1 Å². The van der Waals surface area contributed by atoms with Crippen molar-refractivity contribution in [2.75, 3.05) is 0 Å². The number of imidazole rings is 1. The molecule has 1 radical (unpaired) electrons. The van der Waals surface area contributed by atoms with E-state index in [0.29, 0.717) is 11.4 Å². The summed E-state index contributed by atoms with van der Waals surface area (Å²) in [5, 5.41) is 3.44. The van der Waals surface area contributed by atoms with Crippen molar-refractivity contribution in [2.45, 2.75) is 86.3 Å². The number of pyridine rings is 1. The maximum absolute atomic E-state index is 9.42. The van der Waals surface area contributed by atoms with E-state index < -0.39 is 31.6 Å². The van der Waals surface area contributed by atoms with Gasteiger partial charge in [0, 0.05) is 42.9 Å². The van der Waals surface area contributed by atoms with E-state index in [1.165, 1.54) is 5.19 Å². The van der Waals surface area contributed by atoms with Gasteiger partial charge < -0.3 is 14.0 Å². The van der Waals surface area contributed by atoms with E-state index in [9.17, 15) is 2.74 Å². The fourth-order valence-electron chi connectivity index (χ4n) is 7.87. The number of nitrogens with zero attached hydrogens (tertiary/aromatic N) is 3. The monoisotopic (exact) mass is 1010 g/mol. The molecule has 0 spiro atoms. The van der Waals surface area contributed by atoms with Gasteiger partial charge in [0.05, 0.1) is 30.5 Å². The van der Waals surface area contributed by atoms with Crippen molar-refractivity contribution in [3.63, 3.8) is 0 Å². The van der Waals surface area contributed by atoms with Crippen LogP contribution >= 0.6 is 0 Å². The molecule has 0 atom stereocenters. The first-order valence-corrected chi connectivity index (χ1v) is 24.6. The molecule has 0 unspecified atom stereocenters. The first-order chi connectivity index (χ1) is 30.5. The summed E-state index contributed by atoms with van der Waals surface area (Å²) in [6, 6.07) is 51.0. The van der Waals surface area contributed by atoms with Gasteiger partial charge in [-0.2, -0.15) is 0 Å². The molecule has 0 amide bonds. The Morgan fingerprint density at radius 3 is 2.10 bits per heavy atom. The first kappa shape index (κ1) is 39.5. The van der Waals surface area contributed by atoms with Gasteiger partial charge in [-0.15, -0.1) is 54.1 Å². The molecule has 62 heavy (non-hydrogen) atoms.